The van der Waals surface area contributed by atoms with Crippen molar-refractivity contribution in [2.75, 3.05) is 18.1 Å². The summed E-state index contributed by atoms with van der Waals surface area (Å²) in [6, 6.07) is 23.8. The Balaban J connectivity index is 1.36. The van der Waals surface area contributed by atoms with E-state index in [1.165, 1.54) is 5.56 Å². The number of aromatic nitrogens is 2. The van der Waals surface area contributed by atoms with Gasteiger partial charge in [0, 0.05) is 25.4 Å². The number of carbonyl (C=O) groups excluding carboxylic acids is 1. The third-order valence-corrected chi connectivity index (χ3v) is 6.42. The second-order valence-corrected chi connectivity index (χ2v) is 8.89. The number of hydrogen-bond donors (Lipinski definition) is 0. The first-order valence-corrected chi connectivity index (χ1v) is 11.7. The Kier molecular flexibility index (Phi) is 6.05. The van der Waals surface area contributed by atoms with E-state index >= 15 is 0 Å². The fraction of sp³-hybridized carbons (Fsp3) is 0.259. The predicted octanol–water partition coefficient (Wildman–Crippen LogP) is 5.99. The van der Waals surface area contributed by atoms with Gasteiger partial charge in [0.1, 0.15) is 11.6 Å². The highest BCUT2D eigenvalue weighted by Crippen LogP contribution is 2.36. The summed E-state index contributed by atoms with van der Waals surface area (Å²) in [6.45, 7) is 4.03. The van der Waals surface area contributed by atoms with Crippen molar-refractivity contribution >= 4 is 34.2 Å². The normalized spacial score (nSPS) is 16.0. The van der Waals surface area contributed by atoms with Crippen molar-refractivity contribution in [1.29, 1.82) is 0 Å². The monoisotopic (exact) mass is 459 g/mol. The van der Waals surface area contributed by atoms with E-state index < -0.39 is 0 Å². The lowest BCUT2D eigenvalue weighted by Crippen LogP contribution is -2.24. The van der Waals surface area contributed by atoms with Gasteiger partial charge in [-0.25, -0.2) is 4.98 Å². The molecule has 6 heteroatoms. The lowest BCUT2D eigenvalue weighted by atomic mass is 10.1. The van der Waals surface area contributed by atoms with E-state index in [-0.39, 0.29) is 11.8 Å². The molecule has 1 aliphatic heterocycles. The second kappa shape index (κ2) is 9.28. The number of carbonyl (C=O) groups is 1. The number of imidazole rings is 1. The van der Waals surface area contributed by atoms with Crippen molar-refractivity contribution in [3.8, 4) is 5.75 Å². The molecule has 168 valence electrons. The molecular weight excluding hydrogens is 434 g/mol. The van der Waals surface area contributed by atoms with Crippen molar-refractivity contribution in [2.45, 2.75) is 32.2 Å². The van der Waals surface area contributed by atoms with Gasteiger partial charge in [-0.05, 0) is 55.3 Å². The number of halogens is 1. The zero-order valence-corrected chi connectivity index (χ0v) is 19.3. The van der Waals surface area contributed by atoms with Crippen LogP contribution in [-0.4, -0.2) is 28.6 Å². The van der Waals surface area contributed by atoms with Crippen LogP contribution < -0.4 is 9.64 Å². The van der Waals surface area contributed by atoms with Gasteiger partial charge in [0.15, 0.2) is 0 Å². The summed E-state index contributed by atoms with van der Waals surface area (Å²) in [7, 11) is 0. The number of rotatable bonds is 7. The fourth-order valence-corrected chi connectivity index (χ4v) is 4.78. The van der Waals surface area contributed by atoms with E-state index in [1.54, 1.807) is 4.90 Å². The summed E-state index contributed by atoms with van der Waals surface area (Å²) < 4.78 is 8.21. The maximum Gasteiger partial charge on any atom is 0.227 e. The molecule has 0 N–H and O–H groups in total. The van der Waals surface area contributed by atoms with Crippen LogP contribution in [0.1, 0.15) is 30.1 Å². The molecule has 0 aliphatic carbocycles. The molecule has 1 unspecified atom stereocenters. The van der Waals surface area contributed by atoms with Crippen molar-refractivity contribution in [3.63, 3.8) is 0 Å². The number of aryl methyl sites for hydroxylation is 2. The highest BCUT2D eigenvalue weighted by molar-refractivity contribution is 6.33. The molecule has 5 rings (SSSR count). The molecule has 0 spiro atoms. The van der Waals surface area contributed by atoms with Gasteiger partial charge >= 0.3 is 0 Å². The molecule has 5 nitrogen and oxygen atoms in total. The quantitative estimate of drug-likeness (QED) is 0.319. The minimum Gasteiger partial charge on any atom is -0.494 e. The minimum atomic E-state index is 0.0128. The van der Waals surface area contributed by atoms with Crippen molar-refractivity contribution in [3.05, 3.63) is 89.2 Å². The topological polar surface area (TPSA) is 47.4 Å². The molecule has 1 saturated heterocycles. The molecule has 3 aromatic carbocycles. The smallest absolute Gasteiger partial charge is 0.227 e. The summed E-state index contributed by atoms with van der Waals surface area (Å²) >= 11 is 6.37. The SMILES string of the molecule is Cc1cccc(OCCCn2c(C3CC(=O)N(c4ccccc4Cl)C3)nc3ccccc32)c1. The first kappa shape index (κ1) is 21.5. The van der Waals surface area contributed by atoms with Crippen molar-refractivity contribution < 1.29 is 9.53 Å². The summed E-state index contributed by atoms with van der Waals surface area (Å²) in [4.78, 5) is 19.6. The first-order valence-electron chi connectivity index (χ1n) is 11.3. The minimum absolute atomic E-state index is 0.0128. The molecule has 0 radical (unpaired) electrons. The summed E-state index contributed by atoms with van der Waals surface area (Å²) in [5, 5.41) is 0.591. The van der Waals surface area contributed by atoms with Crippen LogP contribution in [0.5, 0.6) is 5.75 Å². The number of amides is 1. The van der Waals surface area contributed by atoms with E-state index in [0.717, 1.165) is 41.3 Å². The Bertz CT molecular complexity index is 1300. The summed E-state index contributed by atoms with van der Waals surface area (Å²) in [5.41, 5.74) is 3.99. The molecule has 2 heterocycles. The number of anilines is 1. The molecule has 1 aliphatic rings. The van der Waals surface area contributed by atoms with Gasteiger partial charge in [-0.1, -0.05) is 48.0 Å². The standard InChI is InChI=1S/C27H26ClN3O2/c1-19-8-6-9-21(16-19)33-15-7-14-30-25-13-5-3-11-23(25)29-27(30)20-17-26(32)31(18-20)24-12-4-2-10-22(24)28/h2-6,8-13,16,20H,7,14-15,17-18H2,1H3. The van der Waals surface area contributed by atoms with Crippen molar-refractivity contribution in [1.82, 2.24) is 9.55 Å². The lowest BCUT2D eigenvalue weighted by Gasteiger charge is -2.18. The largest absolute Gasteiger partial charge is 0.494 e. The molecule has 4 aromatic rings. The van der Waals surface area contributed by atoms with Gasteiger partial charge in [-0.2, -0.15) is 0 Å². The first-order chi connectivity index (χ1) is 16.1. The Morgan fingerprint density at radius 1 is 1.06 bits per heavy atom. The molecule has 0 saturated carbocycles. The highest BCUT2D eigenvalue weighted by Gasteiger charge is 2.35. The molecule has 1 amide bonds. The summed E-state index contributed by atoms with van der Waals surface area (Å²) in [6.07, 6.45) is 1.27. The lowest BCUT2D eigenvalue weighted by molar-refractivity contribution is -0.117. The number of ether oxygens (including phenoxy) is 1. The van der Waals surface area contributed by atoms with Gasteiger partial charge in [-0.3, -0.25) is 4.79 Å². The van der Waals surface area contributed by atoms with E-state index in [9.17, 15) is 4.79 Å². The third-order valence-electron chi connectivity index (χ3n) is 6.10. The maximum absolute atomic E-state index is 12.9. The van der Waals surface area contributed by atoms with Crippen LogP contribution in [0.3, 0.4) is 0 Å². The van der Waals surface area contributed by atoms with Crippen LogP contribution in [-0.2, 0) is 11.3 Å². The number of benzene rings is 3. The van der Waals surface area contributed by atoms with Gasteiger partial charge in [-0.15, -0.1) is 0 Å². The zero-order chi connectivity index (χ0) is 22.8. The fourth-order valence-electron chi connectivity index (χ4n) is 4.54. The highest BCUT2D eigenvalue weighted by atomic mass is 35.5. The number of fused-ring (bicyclic) bond motifs is 1. The third kappa shape index (κ3) is 4.46. The van der Waals surface area contributed by atoms with Gasteiger partial charge in [0.05, 0.1) is 28.4 Å². The van der Waals surface area contributed by atoms with Crippen molar-refractivity contribution in [2.24, 2.45) is 0 Å². The van der Waals surface area contributed by atoms with Crippen LogP contribution in [0.25, 0.3) is 11.0 Å². The molecule has 1 fully saturated rings. The molecule has 0 bridgehead atoms. The summed E-state index contributed by atoms with van der Waals surface area (Å²) in [5.74, 6) is 1.94. The van der Waals surface area contributed by atoms with E-state index in [1.807, 2.05) is 60.7 Å². The number of hydrogen-bond acceptors (Lipinski definition) is 3. The zero-order valence-electron chi connectivity index (χ0n) is 18.6. The number of nitrogens with zero attached hydrogens (tertiary/aromatic N) is 3. The molecule has 1 aromatic heterocycles. The van der Waals surface area contributed by atoms with Gasteiger partial charge in [0.25, 0.3) is 0 Å². The van der Waals surface area contributed by atoms with Crippen LogP contribution in [0.2, 0.25) is 5.02 Å². The van der Waals surface area contributed by atoms with Crippen LogP contribution >= 0.6 is 11.6 Å². The van der Waals surface area contributed by atoms with Crippen LogP contribution in [0, 0.1) is 6.92 Å². The van der Waals surface area contributed by atoms with E-state index in [0.29, 0.717) is 24.6 Å². The predicted molar refractivity (Wildman–Crippen MR) is 132 cm³/mol. The van der Waals surface area contributed by atoms with Crippen LogP contribution in [0.4, 0.5) is 5.69 Å². The molecular formula is C27H26ClN3O2. The van der Waals surface area contributed by atoms with Gasteiger partial charge < -0.3 is 14.2 Å². The van der Waals surface area contributed by atoms with Gasteiger partial charge in [0.2, 0.25) is 5.91 Å². The van der Waals surface area contributed by atoms with Crippen LogP contribution in [0.15, 0.2) is 72.8 Å². The molecule has 1 atom stereocenters. The Labute approximate surface area is 198 Å². The molecule has 33 heavy (non-hydrogen) atoms. The average molecular weight is 460 g/mol. The van der Waals surface area contributed by atoms with E-state index in [4.69, 9.17) is 21.3 Å². The Hall–Kier alpha value is -3.31. The van der Waals surface area contributed by atoms with E-state index in [2.05, 4.69) is 23.6 Å². The Morgan fingerprint density at radius 2 is 1.88 bits per heavy atom. The average Bonchev–Trinajstić information content (AvgIpc) is 3.37. The second-order valence-electron chi connectivity index (χ2n) is 8.49. The Morgan fingerprint density at radius 3 is 2.73 bits per heavy atom. The maximum atomic E-state index is 12.9. The number of para-hydroxylation sites is 3.